The van der Waals surface area contributed by atoms with Crippen LogP contribution < -0.4 is 14.8 Å². The third-order valence-electron chi connectivity index (χ3n) is 2.87. The third-order valence-corrected chi connectivity index (χ3v) is 4.94. The van der Waals surface area contributed by atoms with Gasteiger partial charge in [0, 0.05) is 11.4 Å². The first-order valence-corrected chi connectivity index (χ1v) is 8.74. The van der Waals surface area contributed by atoms with Crippen LogP contribution in [0, 0.1) is 0 Å². The van der Waals surface area contributed by atoms with E-state index in [1.54, 1.807) is 23.1 Å². The number of nitrogens with one attached hydrogen (secondary N) is 1. The first kappa shape index (κ1) is 14.5. The molecule has 1 aromatic carbocycles. The van der Waals surface area contributed by atoms with Crippen molar-refractivity contribution in [2.75, 3.05) is 25.1 Å². The molecule has 7 heteroatoms. The molecule has 0 fully saturated rings. The summed E-state index contributed by atoms with van der Waals surface area (Å²) in [5.41, 5.74) is 0. The van der Waals surface area contributed by atoms with Gasteiger partial charge in [-0.3, -0.25) is 0 Å². The normalized spacial score (nSPS) is 13.2. The monoisotopic (exact) mass is 323 g/mol. The van der Waals surface area contributed by atoms with Crippen molar-refractivity contribution in [1.82, 2.24) is 10.2 Å². The Morgan fingerprint density at radius 1 is 1.24 bits per heavy atom. The number of ether oxygens (including phenoxy) is 2. The molecule has 0 saturated heterocycles. The highest BCUT2D eigenvalue weighted by atomic mass is 32.2. The third kappa shape index (κ3) is 3.79. The van der Waals surface area contributed by atoms with Crippen LogP contribution in [-0.4, -0.2) is 30.0 Å². The van der Waals surface area contributed by atoms with E-state index in [0.29, 0.717) is 13.2 Å². The van der Waals surface area contributed by atoms with Gasteiger partial charge in [-0.1, -0.05) is 18.3 Å². The highest BCUT2D eigenvalue weighted by Crippen LogP contribution is 2.35. The summed E-state index contributed by atoms with van der Waals surface area (Å²) in [6.45, 7) is 4.30. The highest BCUT2D eigenvalue weighted by molar-refractivity contribution is 7.98. The lowest BCUT2D eigenvalue weighted by atomic mass is 10.3. The Bertz CT molecular complexity index is 604. The lowest BCUT2D eigenvalue weighted by Crippen LogP contribution is -2.15. The molecule has 2 aromatic rings. The van der Waals surface area contributed by atoms with Gasteiger partial charge in [0.15, 0.2) is 11.5 Å². The molecule has 1 aromatic heterocycles. The first-order chi connectivity index (χ1) is 10.3. The average molecular weight is 323 g/mol. The molecule has 0 aliphatic carbocycles. The Morgan fingerprint density at radius 2 is 2.10 bits per heavy atom. The molecule has 1 N–H and O–H groups in total. The Balaban J connectivity index is 1.58. The number of rotatable bonds is 6. The zero-order chi connectivity index (χ0) is 14.5. The lowest BCUT2D eigenvalue weighted by molar-refractivity contribution is 0.171. The summed E-state index contributed by atoms with van der Waals surface area (Å²) < 4.78 is 11.1. The van der Waals surface area contributed by atoms with Gasteiger partial charge < -0.3 is 14.8 Å². The standard InChI is InChI=1S/C14H17N3O2S2/c1-2-5-15-14-17-16-13(21-14)9-20-10-3-4-11-12(8-10)19-7-6-18-11/h3-4,8H,2,5-7,9H2,1H3,(H,15,17). The van der Waals surface area contributed by atoms with Gasteiger partial charge in [0.2, 0.25) is 5.13 Å². The lowest BCUT2D eigenvalue weighted by Gasteiger charge is -2.18. The molecule has 112 valence electrons. The maximum Gasteiger partial charge on any atom is 0.205 e. The topological polar surface area (TPSA) is 56.3 Å². The molecule has 1 aliphatic rings. The second-order valence-corrected chi connectivity index (χ2v) is 6.63. The van der Waals surface area contributed by atoms with E-state index in [9.17, 15) is 0 Å². The van der Waals surface area contributed by atoms with Crippen molar-refractivity contribution in [3.8, 4) is 11.5 Å². The van der Waals surface area contributed by atoms with Crippen molar-refractivity contribution in [3.05, 3.63) is 23.2 Å². The van der Waals surface area contributed by atoms with Gasteiger partial charge in [0.05, 0.1) is 5.75 Å². The van der Waals surface area contributed by atoms with Crippen molar-refractivity contribution in [2.24, 2.45) is 0 Å². The summed E-state index contributed by atoms with van der Waals surface area (Å²) >= 11 is 3.34. The summed E-state index contributed by atoms with van der Waals surface area (Å²) in [6.07, 6.45) is 1.08. The molecule has 0 radical (unpaired) electrons. The number of hydrogen-bond acceptors (Lipinski definition) is 7. The van der Waals surface area contributed by atoms with Crippen LogP contribution in [0.3, 0.4) is 0 Å². The molecule has 0 spiro atoms. The number of hydrogen-bond donors (Lipinski definition) is 1. The maximum absolute atomic E-state index is 5.59. The van der Waals surface area contributed by atoms with E-state index >= 15 is 0 Å². The van der Waals surface area contributed by atoms with E-state index in [1.165, 1.54) is 0 Å². The molecule has 5 nitrogen and oxygen atoms in total. The SMILES string of the molecule is CCCNc1nnc(CSc2ccc3c(c2)OCCO3)s1. The van der Waals surface area contributed by atoms with E-state index in [-0.39, 0.29) is 0 Å². The van der Waals surface area contributed by atoms with E-state index in [0.717, 1.165) is 45.3 Å². The molecule has 21 heavy (non-hydrogen) atoms. The summed E-state index contributed by atoms with van der Waals surface area (Å²) in [5, 5.41) is 13.5. The summed E-state index contributed by atoms with van der Waals surface area (Å²) in [6, 6.07) is 6.04. The number of aromatic nitrogens is 2. The molecule has 0 atom stereocenters. The van der Waals surface area contributed by atoms with Crippen LogP contribution in [0.25, 0.3) is 0 Å². The van der Waals surface area contributed by atoms with Gasteiger partial charge in [-0.2, -0.15) is 0 Å². The van der Waals surface area contributed by atoms with Crippen molar-refractivity contribution in [3.63, 3.8) is 0 Å². The van der Waals surface area contributed by atoms with Crippen LogP contribution in [0.4, 0.5) is 5.13 Å². The van der Waals surface area contributed by atoms with Gasteiger partial charge in [-0.15, -0.1) is 22.0 Å². The van der Waals surface area contributed by atoms with Crippen molar-refractivity contribution >= 4 is 28.2 Å². The Morgan fingerprint density at radius 3 is 2.95 bits per heavy atom. The molecule has 1 aliphatic heterocycles. The fourth-order valence-corrected chi connectivity index (χ4v) is 3.55. The summed E-state index contributed by atoms with van der Waals surface area (Å²) in [7, 11) is 0. The highest BCUT2D eigenvalue weighted by Gasteiger charge is 2.12. The van der Waals surface area contributed by atoms with E-state index < -0.39 is 0 Å². The zero-order valence-electron chi connectivity index (χ0n) is 11.8. The van der Waals surface area contributed by atoms with Crippen molar-refractivity contribution < 1.29 is 9.47 Å². The second kappa shape index (κ2) is 7.00. The predicted octanol–water partition coefficient (Wildman–Crippen LogP) is 3.42. The van der Waals surface area contributed by atoms with E-state index in [4.69, 9.17) is 9.47 Å². The number of anilines is 1. The maximum atomic E-state index is 5.59. The predicted molar refractivity (Wildman–Crippen MR) is 85.7 cm³/mol. The largest absolute Gasteiger partial charge is 0.486 e. The number of benzene rings is 1. The van der Waals surface area contributed by atoms with E-state index in [2.05, 4.69) is 28.5 Å². The van der Waals surface area contributed by atoms with Gasteiger partial charge in [-0.25, -0.2) is 0 Å². The smallest absolute Gasteiger partial charge is 0.205 e. The number of fused-ring (bicyclic) bond motifs is 1. The quantitative estimate of drug-likeness (QED) is 0.822. The van der Waals surface area contributed by atoms with Gasteiger partial charge in [-0.05, 0) is 24.6 Å². The number of nitrogens with zero attached hydrogens (tertiary/aromatic N) is 2. The second-order valence-electron chi connectivity index (χ2n) is 4.52. The Labute approximate surface area is 132 Å². The average Bonchev–Trinajstić information content (AvgIpc) is 2.98. The number of thioether (sulfide) groups is 1. The van der Waals surface area contributed by atoms with Crippen LogP contribution in [0.15, 0.2) is 23.1 Å². The molecule has 0 saturated carbocycles. The van der Waals surface area contributed by atoms with Gasteiger partial charge in [0.25, 0.3) is 0 Å². The van der Waals surface area contributed by atoms with Crippen LogP contribution in [0.2, 0.25) is 0 Å². The van der Waals surface area contributed by atoms with Crippen LogP contribution in [0.1, 0.15) is 18.4 Å². The van der Waals surface area contributed by atoms with Crippen molar-refractivity contribution in [2.45, 2.75) is 24.0 Å². The molecule has 0 amide bonds. The Kier molecular flexibility index (Phi) is 4.82. The van der Waals surface area contributed by atoms with Crippen molar-refractivity contribution in [1.29, 1.82) is 0 Å². The fourth-order valence-electron chi connectivity index (χ4n) is 1.87. The van der Waals surface area contributed by atoms with Crippen LogP contribution in [-0.2, 0) is 5.75 Å². The summed E-state index contributed by atoms with van der Waals surface area (Å²) in [4.78, 5) is 1.15. The van der Waals surface area contributed by atoms with Gasteiger partial charge in [0.1, 0.15) is 18.2 Å². The minimum atomic E-state index is 0.615. The van der Waals surface area contributed by atoms with E-state index in [1.807, 2.05) is 12.1 Å². The zero-order valence-corrected chi connectivity index (χ0v) is 13.4. The Hall–Kier alpha value is -1.47. The molecule has 0 bridgehead atoms. The molecular weight excluding hydrogens is 306 g/mol. The van der Waals surface area contributed by atoms with Crippen LogP contribution in [0.5, 0.6) is 11.5 Å². The fraction of sp³-hybridized carbons (Fsp3) is 0.429. The molecule has 2 heterocycles. The molecular formula is C14H17N3O2S2. The molecule has 3 rings (SSSR count). The summed E-state index contributed by atoms with van der Waals surface area (Å²) in [5.74, 6) is 2.46. The first-order valence-electron chi connectivity index (χ1n) is 6.94. The minimum Gasteiger partial charge on any atom is -0.486 e. The minimum absolute atomic E-state index is 0.615. The van der Waals surface area contributed by atoms with Gasteiger partial charge >= 0.3 is 0 Å². The van der Waals surface area contributed by atoms with Crippen LogP contribution >= 0.6 is 23.1 Å². The molecule has 0 unspecified atom stereocenters.